The number of hydrogen-bond acceptors (Lipinski definition) is 2. The summed E-state index contributed by atoms with van der Waals surface area (Å²) in [4.78, 5) is 4.61. The van der Waals surface area contributed by atoms with Crippen molar-refractivity contribution in [3.63, 3.8) is 0 Å². The molecule has 4 heteroatoms. The molecule has 3 heterocycles. The van der Waals surface area contributed by atoms with Gasteiger partial charge in [-0.05, 0) is 48.0 Å². The van der Waals surface area contributed by atoms with Gasteiger partial charge in [0.2, 0.25) is 0 Å². The van der Waals surface area contributed by atoms with Crippen molar-refractivity contribution in [2.24, 2.45) is 0 Å². The predicted molar refractivity (Wildman–Crippen MR) is 163 cm³/mol. The Bertz CT molecular complexity index is 2270. The molecule has 3 aromatic heterocycles. The fraction of sp³-hybridized carbons (Fsp3) is 0. The van der Waals surface area contributed by atoms with E-state index in [9.17, 15) is 5.26 Å². The van der Waals surface area contributed by atoms with Gasteiger partial charge in [-0.1, -0.05) is 84.9 Å². The average Bonchev–Trinajstić information content (AvgIpc) is 3.54. The van der Waals surface area contributed by atoms with E-state index in [1.165, 1.54) is 21.7 Å². The molecule has 0 aliphatic heterocycles. The van der Waals surface area contributed by atoms with Crippen molar-refractivity contribution in [2.45, 2.75) is 0 Å². The molecule has 0 aliphatic rings. The topological polar surface area (TPSA) is 46.5 Å². The largest absolute Gasteiger partial charge is 0.309 e. The van der Waals surface area contributed by atoms with E-state index in [2.05, 4.69) is 123 Å². The van der Waals surface area contributed by atoms with Crippen LogP contribution in [0.5, 0.6) is 0 Å². The predicted octanol–water partition coefficient (Wildman–Crippen LogP) is 8.81. The van der Waals surface area contributed by atoms with Crippen molar-refractivity contribution in [2.75, 3.05) is 0 Å². The van der Waals surface area contributed by atoms with Crippen LogP contribution >= 0.6 is 0 Å². The van der Waals surface area contributed by atoms with Gasteiger partial charge in [0, 0.05) is 39.0 Å². The standard InChI is InChI=1S/C36H22N4/c37-22-29-34(21-25(23-38-29)24-11-3-1-4-12-24)40-31-18-10-8-16-28(31)36-33(40)20-19-32-35(36)27-15-7-9-17-30(27)39(32)26-13-5-2-6-14-26/h1-21,23H. The number of benzene rings is 5. The maximum absolute atomic E-state index is 10.1. The van der Waals surface area contributed by atoms with E-state index in [4.69, 9.17) is 0 Å². The Morgan fingerprint density at radius 3 is 1.73 bits per heavy atom. The number of fused-ring (bicyclic) bond motifs is 7. The summed E-state index contributed by atoms with van der Waals surface area (Å²) in [5.74, 6) is 0. The fourth-order valence-corrected chi connectivity index (χ4v) is 6.13. The number of nitrogens with zero attached hydrogens (tertiary/aromatic N) is 4. The molecule has 4 nitrogen and oxygen atoms in total. The van der Waals surface area contributed by atoms with Crippen LogP contribution in [0.1, 0.15) is 5.69 Å². The van der Waals surface area contributed by atoms with Gasteiger partial charge in [-0.25, -0.2) is 4.98 Å². The van der Waals surface area contributed by atoms with Gasteiger partial charge >= 0.3 is 0 Å². The highest BCUT2D eigenvalue weighted by molar-refractivity contribution is 6.28. The van der Waals surface area contributed by atoms with E-state index < -0.39 is 0 Å². The van der Waals surface area contributed by atoms with Crippen molar-refractivity contribution in [3.05, 3.63) is 139 Å². The summed E-state index contributed by atoms with van der Waals surface area (Å²) in [6.07, 6.45) is 1.79. The molecule has 8 aromatic rings. The van der Waals surface area contributed by atoms with Gasteiger partial charge in [0.25, 0.3) is 0 Å². The van der Waals surface area contributed by atoms with Crippen LogP contribution < -0.4 is 0 Å². The van der Waals surface area contributed by atoms with Crippen LogP contribution in [-0.4, -0.2) is 14.1 Å². The monoisotopic (exact) mass is 510 g/mol. The number of aromatic nitrogens is 3. The molecule has 0 atom stereocenters. The average molecular weight is 511 g/mol. The van der Waals surface area contributed by atoms with Crippen LogP contribution in [0, 0.1) is 11.3 Å². The molecule has 0 unspecified atom stereocenters. The Morgan fingerprint density at radius 1 is 0.525 bits per heavy atom. The highest BCUT2D eigenvalue weighted by Crippen LogP contribution is 2.42. The molecule has 8 rings (SSSR count). The first-order chi connectivity index (χ1) is 19.8. The van der Waals surface area contributed by atoms with Crippen molar-refractivity contribution < 1.29 is 0 Å². The smallest absolute Gasteiger partial charge is 0.164 e. The molecule has 0 amide bonds. The Hall–Kier alpha value is -5.66. The quantitative estimate of drug-likeness (QED) is 0.238. The first-order valence-electron chi connectivity index (χ1n) is 13.3. The van der Waals surface area contributed by atoms with Gasteiger partial charge in [0.1, 0.15) is 6.07 Å². The zero-order valence-corrected chi connectivity index (χ0v) is 21.5. The van der Waals surface area contributed by atoms with Crippen molar-refractivity contribution >= 4 is 43.6 Å². The summed E-state index contributed by atoms with van der Waals surface area (Å²) in [5, 5.41) is 14.9. The molecular weight excluding hydrogens is 488 g/mol. The summed E-state index contributed by atoms with van der Waals surface area (Å²) in [6.45, 7) is 0. The van der Waals surface area contributed by atoms with Crippen LogP contribution in [0.2, 0.25) is 0 Å². The van der Waals surface area contributed by atoms with Crippen LogP contribution in [0.25, 0.3) is 66.1 Å². The third kappa shape index (κ3) is 3.15. The Kier molecular flexibility index (Phi) is 4.85. The Balaban J connectivity index is 1.54. The number of para-hydroxylation sites is 3. The minimum atomic E-state index is 0.397. The van der Waals surface area contributed by atoms with E-state index >= 15 is 0 Å². The zero-order valence-electron chi connectivity index (χ0n) is 21.5. The molecule has 0 N–H and O–H groups in total. The van der Waals surface area contributed by atoms with Gasteiger partial charge in [-0.3, -0.25) is 0 Å². The molecule has 0 fully saturated rings. The van der Waals surface area contributed by atoms with Crippen LogP contribution in [0.3, 0.4) is 0 Å². The summed E-state index contributed by atoms with van der Waals surface area (Å²) < 4.78 is 4.55. The van der Waals surface area contributed by atoms with Gasteiger partial charge < -0.3 is 9.13 Å². The van der Waals surface area contributed by atoms with Gasteiger partial charge in [0.15, 0.2) is 5.69 Å². The van der Waals surface area contributed by atoms with Crippen molar-refractivity contribution in [1.29, 1.82) is 5.26 Å². The maximum atomic E-state index is 10.1. The van der Waals surface area contributed by atoms with E-state index in [-0.39, 0.29) is 0 Å². The van der Waals surface area contributed by atoms with Crippen molar-refractivity contribution in [1.82, 2.24) is 14.1 Å². The summed E-state index contributed by atoms with van der Waals surface area (Å²) >= 11 is 0. The zero-order chi connectivity index (χ0) is 26.6. The van der Waals surface area contributed by atoms with Gasteiger partial charge in [-0.15, -0.1) is 0 Å². The van der Waals surface area contributed by atoms with Crippen LogP contribution in [0.15, 0.2) is 134 Å². The molecule has 0 saturated carbocycles. The summed E-state index contributed by atoms with van der Waals surface area (Å²) in [6, 6.07) is 46.6. The Labute approximate surface area is 230 Å². The molecule has 0 bridgehead atoms. The van der Waals surface area contributed by atoms with Crippen molar-refractivity contribution in [3.8, 4) is 28.6 Å². The van der Waals surface area contributed by atoms with Gasteiger partial charge in [-0.2, -0.15) is 5.26 Å². The second-order valence-electron chi connectivity index (χ2n) is 9.96. The third-order valence-corrected chi connectivity index (χ3v) is 7.81. The first-order valence-corrected chi connectivity index (χ1v) is 13.3. The molecule has 5 aromatic carbocycles. The molecule has 186 valence electrons. The minimum absolute atomic E-state index is 0.397. The molecule has 0 aliphatic carbocycles. The Morgan fingerprint density at radius 2 is 1.07 bits per heavy atom. The van der Waals surface area contributed by atoms with E-state index in [1.54, 1.807) is 6.20 Å². The lowest BCUT2D eigenvalue weighted by Gasteiger charge is -2.12. The number of pyridine rings is 1. The third-order valence-electron chi connectivity index (χ3n) is 7.81. The molecular formula is C36H22N4. The minimum Gasteiger partial charge on any atom is -0.309 e. The second kappa shape index (κ2) is 8.69. The molecule has 40 heavy (non-hydrogen) atoms. The lowest BCUT2D eigenvalue weighted by molar-refractivity contribution is 1.12. The highest BCUT2D eigenvalue weighted by Gasteiger charge is 2.21. The summed E-state index contributed by atoms with van der Waals surface area (Å²) in [7, 11) is 0. The van der Waals surface area contributed by atoms with E-state index in [1.807, 2.05) is 24.3 Å². The summed E-state index contributed by atoms with van der Waals surface area (Å²) in [5.41, 5.74) is 8.76. The molecule has 0 saturated heterocycles. The van der Waals surface area contributed by atoms with E-state index in [0.717, 1.165) is 44.4 Å². The number of nitriles is 1. The lowest BCUT2D eigenvalue weighted by Crippen LogP contribution is -2.00. The number of rotatable bonds is 3. The highest BCUT2D eigenvalue weighted by atomic mass is 15.0. The second-order valence-corrected chi connectivity index (χ2v) is 9.96. The lowest BCUT2D eigenvalue weighted by atomic mass is 10.1. The van der Waals surface area contributed by atoms with Crippen LogP contribution in [0.4, 0.5) is 0 Å². The first kappa shape index (κ1) is 22.3. The van der Waals surface area contributed by atoms with Gasteiger partial charge in [0.05, 0.1) is 27.8 Å². The fourth-order valence-electron chi connectivity index (χ4n) is 6.13. The molecule has 0 spiro atoms. The normalized spacial score (nSPS) is 11.5. The van der Waals surface area contributed by atoms with E-state index in [0.29, 0.717) is 5.69 Å². The molecule has 0 radical (unpaired) electrons. The SMILES string of the molecule is N#Cc1ncc(-c2ccccc2)cc1-n1c2ccccc2c2c3c4ccccc4n(-c4ccccc4)c3ccc21. The number of hydrogen-bond donors (Lipinski definition) is 0. The van der Waals surface area contributed by atoms with Crippen LogP contribution in [-0.2, 0) is 0 Å². The maximum Gasteiger partial charge on any atom is 0.164 e.